The first-order valence-electron chi connectivity index (χ1n) is 6.26. The molecule has 8 nitrogen and oxygen atoms in total. The third kappa shape index (κ3) is 3.94. The van der Waals surface area contributed by atoms with E-state index >= 15 is 0 Å². The number of hydrogen-bond acceptors (Lipinski definition) is 5. The number of aliphatic carboxylic acids is 1. The van der Waals surface area contributed by atoms with Crippen LogP contribution in [0.25, 0.3) is 0 Å². The average Bonchev–Trinajstić information content (AvgIpc) is 2.68. The lowest BCUT2D eigenvalue weighted by atomic mass is 10.3. The Kier molecular flexibility index (Phi) is 4.29. The lowest BCUT2D eigenvalue weighted by Gasteiger charge is -2.34. The number of nitrogens with one attached hydrogen (secondary N) is 1. The van der Waals surface area contributed by atoms with E-state index in [1.54, 1.807) is 9.80 Å². The molecule has 2 N–H and O–H groups in total. The molecule has 0 saturated carbocycles. The van der Waals surface area contributed by atoms with Crippen molar-refractivity contribution < 1.29 is 23.1 Å². The second-order valence-electron chi connectivity index (χ2n) is 4.87. The molecule has 1 fully saturated rings. The van der Waals surface area contributed by atoms with Crippen molar-refractivity contribution in [2.24, 2.45) is 0 Å². The maximum atomic E-state index is 11.9. The number of rotatable bonds is 3. The summed E-state index contributed by atoms with van der Waals surface area (Å²) in [4.78, 5) is 25.8. The monoisotopic (exact) mass is 303 g/mol. The Bertz CT molecular complexity index is 522. The van der Waals surface area contributed by atoms with E-state index in [2.05, 4.69) is 5.32 Å². The van der Waals surface area contributed by atoms with E-state index in [0.29, 0.717) is 26.2 Å². The van der Waals surface area contributed by atoms with Gasteiger partial charge in [-0.2, -0.15) is 0 Å². The number of carbonyl (C=O) groups is 2. The quantitative estimate of drug-likeness (QED) is 0.672. The minimum absolute atomic E-state index is 0.0287. The van der Waals surface area contributed by atoms with Gasteiger partial charge in [0, 0.05) is 31.6 Å². The molecule has 2 aliphatic rings. The molecule has 0 aromatic heterocycles. The van der Waals surface area contributed by atoms with Gasteiger partial charge in [0.15, 0.2) is 9.84 Å². The van der Waals surface area contributed by atoms with Crippen LogP contribution in [-0.2, 0) is 14.6 Å². The normalized spacial score (nSPS) is 25.6. The highest BCUT2D eigenvalue weighted by Crippen LogP contribution is 2.09. The van der Waals surface area contributed by atoms with Crippen LogP contribution in [0, 0.1) is 0 Å². The molecular formula is C11H17N3O5S. The standard InChI is InChI=1S/C11H17N3O5S/c15-10(16)7-13-2-4-14(5-3-13)11(17)12-9-1-6-20(18,19)8-9/h1,6,9H,2-5,7-8H2,(H,12,17)(H,15,16). The van der Waals surface area contributed by atoms with Gasteiger partial charge < -0.3 is 15.3 Å². The van der Waals surface area contributed by atoms with Crippen LogP contribution in [0.2, 0.25) is 0 Å². The maximum Gasteiger partial charge on any atom is 0.317 e. The summed E-state index contributed by atoms with van der Waals surface area (Å²) < 4.78 is 22.5. The molecule has 0 aromatic rings. The summed E-state index contributed by atoms with van der Waals surface area (Å²) in [5.41, 5.74) is 0. The zero-order chi connectivity index (χ0) is 14.8. The molecule has 112 valence electrons. The molecule has 9 heteroatoms. The Morgan fingerprint density at radius 1 is 1.25 bits per heavy atom. The van der Waals surface area contributed by atoms with Crippen molar-refractivity contribution in [2.45, 2.75) is 6.04 Å². The van der Waals surface area contributed by atoms with Gasteiger partial charge in [0.05, 0.1) is 18.3 Å². The second kappa shape index (κ2) is 5.80. The maximum absolute atomic E-state index is 11.9. The number of sulfone groups is 1. The topological polar surface area (TPSA) is 107 Å². The number of hydrogen-bond donors (Lipinski definition) is 2. The number of carbonyl (C=O) groups excluding carboxylic acids is 1. The van der Waals surface area contributed by atoms with Crippen LogP contribution >= 0.6 is 0 Å². The van der Waals surface area contributed by atoms with E-state index in [1.807, 2.05) is 0 Å². The Hall–Kier alpha value is -1.61. The highest BCUT2D eigenvalue weighted by Gasteiger charge is 2.27. The van der Waals surface area contributed by atoms with Crippen molar-refractivity contribution >= 4 is 21.8 Å². The van der Waals surface area contributed by atoms with Crippen molar-refractivity contribution in [3.63, 3.8) is 0 Å². The number of urea groups is 1. The molecule has 20 heavy (non-hydrogen) atoms. The van der Waals surface area contributed by atoms with Crippen LogP contribution in [0.5, 0.6) is 0 Å². The Morgan fingerprint density at radius 3 is 2.40 bits per heavy atom. The SMILES string of the molecule is O=C(O)CN1CCN(C(=O)NC2C=CS(=O)(=O)C2)CC1. The van der Waals surface area contributed by atoms with Gasteiger partial charge in [-0.1, -0.05) is 0 Å². The average molecular weight is 303 g/mol. The second-order valence-corrected chi connectivity index (χ2v) is 6.80. The van der Waals surface area contributed by atoms with Crippen LogP contribution in [0.1, 0.15) is 0 Å². The summed E-state index contributed by atoms with van der Waals surface area (Å²) in [6.45, 7) is 1.83. The van der Waals surface area contributed by atoms with Gasteiger partial charge in [-0.05, 0) is 6.08 Å². The molecule has 2 aliphatic heterocycles. The molecule has 2 heterocycles. The summed E-state index contributed by atoms with van der Waals surface area (Å²) in [6.07, 6.45) is 1.47. The minimum atomic E-state index is -3.18. The first kappa shape index (κ1) is 14.8. The van der Waals surface area contributed by atoms with Crippen LogP contribution in [0.3, 0.4) is 0 Å². The van der Waals surface area contributed by atoms with Crippen LogP contribution in [0.15, 0.2) is 11.5 Å². The smallest absolute Gasteiger partial charge is 0.317 e. The van der Waals surface area contributed by atoms with Gasteiger partial charge in [0.1, 0.15) is 0 Å². The van der Waals surface area contributed by atoms with E-state index in [9.17, 15) is 18.0 Å². The number of amides is 2. The number of carboxylic acid groups (broad SMARTS) is 1. The minimum Gasteiger partial charge on any atom is -0.480 e. The largest absolute Gasteiger partial charge is 0.480 e. The molecule has 0 aliphatic carbocycles. The van der Waals surface area contributed by atoms with Crippen molar-refractivity contribution in [2.75, 3.05) is 38.5 Å². The predicted octanol–water partition coefficient (Wildman–Crippen LogP) is -1.29. The van der Waals surface area contributed by atoms with E-state index < -0.39 is 21.8 Å². The first-order chi connectivity index (χ1) is 9.35. The summed E-state index contributed by atoms with van der Waals surface area (Å²) in [6, 6.07) is -0.795. The first-order valence-corrected chi connectivity index (χ1v) is 7.98. The Morgan fingerprint density at radius 2 is 1.90 bits per heavy atom. The zero-order valence-electron chi connectivity index (χ0n) is 10.9. The molecule has 2 amide bonds. The van der Waals surface area contributed by atoms with Crippen LogP contribution in [-0.4, -0.2) is 79.8 Å². The molecule has 0 aromatic carbocycles. The van der Waals surface area contributed by atoms with Crippen molar-refractivity contribution in [3.05, 3.63) is 11.5 Å². The predicted molar refractivity (Wildman–Crippen MR) is 70.9 cm³/mol. The molecule has 1 saturated heterocycles. The summed E-state index contributed by atoms with van der Waals surface area (Å²) in [7, 11) is -3.18. The van der Waals surface area contributed by atoms with Gasteiger partial charge in [0.25, 0.3) is 0 Å². The van der Waals surface area contributed by atoms with E-state index in [-0.39, 0.29) is 18.3 Å². The van der Waals surface area contributed by atoms with Gasteiger partial charge in [-0.15, -0.1) is 0 Å². The number of carboxylic acids is 1. The van der Waals surface area contributed by atoms with Gasteiger partial charge in [-0.25, -0.2) is 13.2 Å². The van der Waals surface area contributed by atoms with Gasteiger partial charge >= 0.3 is 12.0 Å². The molecule has 1 unspecified atom stereocenters. The highest BCUT2D eigenvalue weighted by atomic mass is 32.2. The third-order valence-corrected chi connectivity index (χ3v) is 4.65. The molecule has 0 radical (unpaired) electrons. The molecule has 0 spiro atoms. The fourth-order valence-corrected chi connectivity index (χ4v) is 3.45. The molecule has 0 bridgehead atoms. The van der Waals surface area contributed by atoms with E-state index in [4.69, 9.17) is 5.11 Å². The van der Waals surface area contributed by atoms with E-state index in [1.165, 1.54) is 6.08 Å². The Labute approximate surface area is 116 Å². The summed E-state index contributed by atoms with van der Waals surface area (Å²) >= 11 is 0. The summed E-state index contributed by atoms with van der Waals surface area (Å²) in [5.74, 6) is -0.984. The molecule has 2 rings (SSSR count). The lowest BCUT2D eigenvalue weighted by molar-refractivity contribution is -0.138. The van der Waals surface area contributed by atoms with Crippen molar-refractivity contribution in [1.82, 2.24) is 15.1 Å². The van der Waals surface area contributed by atoms with Crippen LogP contribution in [0.4, 0.5) is 4.79 Å². The fourth-order valence-electron chi connectivity index (χ4n) is 2.22. The number of piperazine rings is 1. The van der Waals surface area contributed by atoms with Gasteiger partial charge in [0.2, 0.25) is 0 Å². The fraction of sp³-hybridized carbons (Fsp3) is 0.636. The highest BCUT2D eigenvalue weighted by molar-refractivity contribution is 7.94. The zero-order valence-corrected chi connectivity index (χ0v) is 11.7. The van der Waals surface area contributed by atoms with Crippen molar-refractivity contribution in [1.29, 1.82) is 0 Å². The van der Waals surface area contributed by atoms with Crippen molar-refractivity contribution in [3.8, 4) is 0 Å². The molecule has 1 atom stereocenters. The van der Waals surface area contributed by atoms with Gasteiger partial charge in [-0.3, -0.25) is 9.69 Å². The lowest BCUT2D eigenvalue weighted by Crippen LogP contribution is -2.54. The van der Waals surface area contributed by atoms with Crippen LogP contribution < -0.4 is 5.32 Å². The Balaban J connectivity index is 1.78. The molecular weight excluding hydrogens is 286 g/mol. The summed E-state index contributed by atoms with van der Waals surface area (Å²) in [5, 5.41) is 12.4. The third-order valence-electron chi connectivity index (χ3n) is 3.26. The van der Waals surface area contributed by atoms with E-state index in [0.717, 1.165) is 5.41 Å². The number of nitrogens with zero attached hydrogens (tertiary/aromatic N) is 2.